The van der Waals surface area contributed by atoms with E-state index >= 15 is 0 Å². The van der Waals surface area contributed by atoms with Gasteiger partial charge in [-0.1, -0.05) is 6.07 Å². The number of quaternary nitrogens is 1. The normalized spacial score (nSPS) is 9.00. The molecular weight excluding hydrogens is 152 g/mol. The highest BCUT2D eigenvalue weighted by Gasteiger charge is 1.94. The first-order valence-electron chi connectivity index (χ1n) is 3.79. The van der Waals surface area contributed by atoms with E-state index in [2.05, 4.69) is 5.73 Å². The second-order valence-corrected chi connectivity index (χ2v) is 2.34. The van der Waals surface area contributed by atoms with E-state index in [1.807, 2.05) is 12.1 Å². The lowest BCUT2D eigenvalue weighted by Crippen LogP contribution is -2.52. The smallest absolute Gasteiger partial charge is 0.137 e. The Bertz CT molecular complexity index is 291. The predicted octanol–water partition coefficient (Wildman–Crippen LogP) is 0.179. The molecule has 0 bridgehead atoms. The van der Waals surface area contributed by atoms with Crippen molar-refractivity contribution in [2.24, 2.45) is 0 Å². The third kappa shape index (κ3) is 2.26. The van der Waals surface area contributed by atoms with E-state index in [-0.39, 0.29) is 0 Å². The van der Waals surface area contributed by atoms with E-state index in [9.17, 15) is 0 Å². The molecule has 0 aliphatic carbocycles. The number of ether oxygens (including phenoxy) is 1. The maximum atomic E-state index is 8.57. The lowest BCUT2D eigenvalue weighted by atomic mass is 10.2. The third-order valence-electron chi connectivity index (χ3n) is 1.38. The molecule has 0 radical (unpaired) electrons. The SMILES string of the molecule is N#Cc1cccc(OCC[NH3+])c1. The molecule has 0 spiro atoms. The molecule has 0 aliphatic rings. The zero-order chi connectivity index (χ0) is 8.81. The third-order valence-corrected chi connectivity index (χ3v) is 1.38. The maximum absolute atomic E-state index is 8.57. The van der Waals surface area contributed by atoms with Gasteiger partial charge in [0.25, 0.3) is 0 Å². The first-order chi connectivity index (χ1) is 5.86. The van der Waals surface area contributed by atoms with Crippen LogP contribution in [0.5, 0.6) is 5.75 Å². The van der Waals surface area contributed by atoms with Gasteiger partial charge in [0.1, 0.15) is 18.9 Å². The summed E-state index contributed by atoms with van der Waals surface area (Å²) in [5.41, 5.74) is 4.28. The average Bonchev–Trinajstić information content (AvgIpc) is 2.15. The van der Waals surface area contributed by atoms with Crippen molar-refractivity contribution < 1.29 is 10.5 Å². The summed E-state index contributed by atoms with van der Waals surface area (Å²) in [7, 11) is 0. The molecule has 62 valence electrons. The Morgan fingerprint density at radius 1 is 1.50 bits per heavy atom. The van der Waals surface area contributed by atoms with Gasteiger partial charge in [-0.15, -0.1) is 0 Å². The standard InChI is InChI=1S/C9H10N2O/c10-4-5-12-9-3-1-2-8(6-9)7-11/h1-3,6H,4-5,10H2/p+1. The zero-order valence-corrected chi connectivity index (χ0v) is 6.79. The predicted molar refractivity (Wildman–Crippen MR) is 44.4 cm³/mol. The molecule has 0 amide bonds. The second-order valence-electron chi connectivity index (χ2n) is 2.34. The van der Waals surface area contributed by atoms with Crippen molar-refractivity contribution >= 4 is 0 Å². The summed E-state index contributed by atoms with van der Waals surface area (Å²) in [4.78, 5) is 0. The molecule has 0 fully saturated rings. The van der Waals surface area contributed by atoms with Crippen LogP contribution in [0, 0.1) is 11.3 Å². The van der Waals surface area contributed by atoms with Gasteiger partial charge in [0.05, 0.1) is 11.6 Å². The van der Waals surface area contributed by atoms with Crippen LogP contribution in [0.1, 0.15) is 5.56 Å². The van der Waals surface area contributed by atoms with Crippen molar-refractivity contribution in [2.75, 3.05) is 13.2 Å². The van der Waals surface area contributed by atoms with E-state index < -0.39 is 0 Å². The molecule has 0 aliphatic heterocycles. The van der Waals surface area contributed by atoms with Crippen molar-refractivity contribution in [1.82, 2.24) is 0 Å². The summed E-state index contributed by atoms with van der Waals surface area (Å²) in [5, 5.41) is 8.57. The fourth-order valence-corrected chi connectivity index (χ4v) is 0.845. The fourth-order valence-electron chi connectivity index (χ4n) is 0.845. The van der Waals surface area contributed by atoms with Gasteiger partial charge in [-0.25, -0.2) is 0 Å². The molecule has 12 heavy (non-hydrogen) atoms. The van der Waals surface area contributed by atoms with Crippen LogP contribution in [0.2, 0.25) is 0 Å². The number of hydrogen-bond acceptors (Lipinski definition) is 2. The first-order valence-corrected chi connectivity index (χ1v) is 3.79. The average molecular weight is 163 g/mol. The zero-order valence-electron chi connectivity index (χ0n) is 6.79. The molecule has 1 aromatic carbocycles. The van der Waals surface area contributed by atoms with Gasteiger partial charge in [0, 0.05) is 0 Å². The molecule has 0 saturated heterocycles. The molecule has 1 aromatic rings. The Balaban J connectivity index is 2.68. The number of benzene rings is 1. The topological polar surface area (TPSA) is 60.7 Å². The number of nitrogens with zero attached hydrogens (tertiary/aromatic N) is 1. The monoisotopic (exact) mass is 163 g/mol. The first kappa shape index (κ1) is 8.57. The molecular formula is C9H11N2O+. The highest BCUT2D eigenvalue weighted by atomic mass is 16.5. The van der Waals surface area contributed by atoms with Crippen LogP contribution < -0.4 is 10.5 Å². The number of hydrogen-bond donors (Lipinski definition) is 1. The molecule has 3 heteroatoms. The Morgan fingerprint density at radius 2 is 2.33 bits per heavy atom. The van der Waals surface area contributed by atoms with Gasteiger partial charge in [0.2, 0.25) is 0 Å². The van der Waals surface area contributed by atoms with E-state index in [1.165, 1.54) is 0 Å². The van der Waals surface area contributed by atoms with Gasteiger partial charge in [-0.05, 0) is 18.2 Å². The van der Waals surface area contributed by atoms with Crippen molar-refractivity contribution in [1.29, 1.82) is 5.26 Å². The van der Waals surface area contributed by atoms with E-state index in [4.69, 9.17) is 10.00 Å². The van der Waals surface area contributed by atoms with Crippen LogP contribution >= 0.6 is 0 Å². The van der Waals surface area contributed by atoms with E-state index in [1.54, 1.807) is 18.2 Å². The van der Waals surface area contributed by atoms with E-state index in [0.717, 1.165) is 12.3 Å². The second kappa shape index (κ2) is 4.37. The molecule has 0 aromatic heterocycles. The summed E-state index contributed by atoms with van der Waals surface area (Å²) < 4.78 is 5.28. The summed E-state index contributed by atoms with van der Waals surface area (Å²) >= 11 is 0. The molecule has 0 saturated carbocycles. The summed E-state index contributed by atoms with van der Waals surface area (Å²) in [6, 6.07) is 9.15. The van der Waals surface area contributed by atoms with Gasteiger partial charge < -0.3 is 10.5 Å². The summed E-state index contributed by atoms with van der Waals surface area (Å²) in [6.45, 7) is 1.33. The maximum Gasteiger partial charge on any atom is 0.137 e. The molecule has 0 atom stereocenters. The van der Waals surface area contributed by atoms with Crippen molar-refractivity contribution in [3.63, 3.8) is 0 Å². The molecule has 1 rings (SSSR count). The van der Waals surface area contributed by atoms with Crippen LogP contribution in [0.15, 0.2) is 24.3 Å². The highest BCUT2D eigenvalue weighted by Crippen LogP contribution is 2.11. The van der Waals surface area contributed by atoms with Crippen molar-refractivity contribution in [3.8, 4) is 11.8 Å². The summed E-state index contributed by atoms with van der Waals surface area (Å²) in [5.74, 6) is 0.734. The lowest BCUT2D eigenvalue weighted by Gasteiger charge is -2.01. The lowest BCUT2D eigenvalue weighted by molar-refractivity contribution is -0.370. The molecule has 3 N–H and O–H groups in total. The van der Waals surface area contributed by atoms with Gasteiger partial charge in [-0.2, -0.15) is 5.26 Å². The molecule has 3 nitrogen and oxygen atoms in total. The Hall–Kier alpha value is -1.53. The Morgan fingerprint density at radius 3 is 3.00 bits per heavy atom. The minimum absolute atomic E-state index is 0.592. The summed E-state index contributed by atoms with van der Waals surface area (Å²) in [6.07, 6.45) is 0. The van der Waals surface area contributed by atoms with Gasteiger partial charge in [-0.3, -0.25) is 0 Å². The minimum atomic E-state index is 0.592. The Kier molecular flexibility index (Phi) is 3.12. The largest absolute Gasteiger partial charge is 0.488 e. The van der Waals surface area contributed by atoms with Crippen LogP contribution in [0.25, 0.3) is 0 Å². The van der Waals surface area contributed by atoms with Gasteiger partial charge >= 0.3 is 0 Å². The highest BCUT2D eigenvalue weighted by molar-refractivity contribution is 5.36. The molecule has 0 unspecified atom stereocenters. The molecule has 0 heterocycles. The van der Waals surface area contributed by atoms with Crippen molar-refractivity contribution in [2.45, 2.75) is 0 Å². The van der Waals surface area contributed by atoms with Crippen LogP contribution in [-0.2, 0) is 0 Å². The van der Waals surface area contributed by atoms with Crippen LogP contribution in [0.4, 0.5) is 0 Å². The number of rotatable bonds is 3. The Labute approximate surface area is 71.4 Å². The minimum Gasteiger partial charge on any atom is -0.488 e. The van der Waals surface area contributed by atoms with E-state index in [0.29, 0.717) is 12.2 Å². The van der Waals surface area contributed by atoms with Crippen LogP contribution in [-0.4, -0.2) is 13.2 Å². The van der Waals surface area contributed by atoms with Crippen molar-refractivity contribution in [3.05, 3.63) is 29.8 Å². The quantitative estimate of drug-likeness (QED) is 0.690. The fraction of sp³-hybridized carbons (Fsp3) is 0.222. The van der Waals surface area contributed by atoms with Crippen LogP contribution in [0.3, 0.4) is 0 Å². The number of nitriles is 1. The van der Waals surface area contributed by atoms with Gasteiger partial charge in [0.15, 0.2) is 0 Å².